The van der Waals surface area contributed by atoms with Crippen molar-refractivity contribution in [3.8, 4) is 0 Å². The number of allylic oxidation sites excluding steroid dienone is 1. The minimum absolute atomic E-state index is 0.00603. The van der Waals surface area contributed by atoms with Gasteiger partial charge in [-0.15, -0.1) is 11.3 Å². The molecule has 0 spiro atoms. The summed E-state index contributed by atoms with van der Waals surface area (Å²) in [5.74, 6) is -2.41. The van der Waals surface area contributed by atoms with Crippen molar-refractivity contribution in [1.29, 1.82) is 0 Å². The van der Waals surface area contributed by atoms with Gasteiger partial charge < -0.3 is 5.11 Å². The van der Waals surface area contributed by atoms with Crippen molar-refractivity contribution in [3.63, 3.8) is 0 Å². The Balaban J connectivity index is 2.16. The number of ketones is 1. The van der Waals surface area contributed by atoms with E-state index in [1.54, 1.807) is 31.2 Å². The van der Waals surface area contributed by atoms with Crippen molar-refractivity contribution in [2.24, 2.45) is 0 Å². The first-order chi connectivity index (χ1) is 12.9. The van der Waals surface area contributed by atoms with Gasteiger partial charge in [-0.1, -0.05) is 17.7 Å². The van der Waals surface area contributed by atoms with Gasteiger partial charge in [-0.05, 0) is 42.8 Å². The van der Waals surface area contributed by atoms with Crippen LogP contribution in [-0.2, 0) is 0 Å². The lowest BCUT2D eigenvalue weighted by molar-refractivity contribution is 0.0987. The summed E-state index contributed by atoms with van der Waals surface area (Å²) in [4.78, 5) is 17.7. The maximum Gasteiger partial charge on any atom is 0.192 e. The summed E-state index contributed by atoms with van der Waals surface area (Å²) in [5.41, 5.74) is 0.677. The van der Waals surface area contributed by atoms with Gasteiger partial charge in [-0.3, -0.25) is 9.78 Å². The Bertz CT molecular complexity index is 998. The van der Waals surface area contributed by atoms with Crippen LogP contribution in [0.2, 0.25) is 4.34 Å². The number of aliphatic hydroxyl groups excluding tert-OH is 1. The summed E-state index contributed by atoms with van der Waals surface area (Å²) in [6.07, 6.45) is 1.65. The smallest absolute Gasteiger partial charge is 0.192 e. The first kappa shape index (κ1) is 19.4. The van der Waals surface area contributed by atoms with Crippen molar-refractivity contribution in [2.45, 2.75) is 13.0 Å². The van der Waals surface area contributed by atoms with Crippen molar-refractivity contribution < 1.29 is 18.7 Å². The van der Waals surface area contributed by atoms with E-state index in [1.165, 1.54) is 23.7 Å². The van der Waals surface area contributed by atoms with E-state index >= 15 is 0 Å². The zero-order valence-electron chi connectivity index (χ0n) is 14.1. The minimum Gasteiger partial charge on any atom is -0.383 e. The third kappa shape index (κ3) is 4.30. The molecule has 3 rings (SSSR count). The number of rotatable bonds is 5. The van der Waals surface area contributed by atoms with E-state index in [0.29, 0.717) is 26.4 Å². The molecule has 0 bridgehead atoms. The SMILES string of the molecule is C/C(=C(\C(=O)c1cc(F)cc(F)c1)C(O)c1cccnc1)c1ccc(Cl)s1. The Labute approximate surface area is 163 Å². The van der Waals surface area contributed by atoms with Crippen molar-refractivity contribution in [3.05, 3.63) is 92.4 Å². The molecule has 0 amide bonds. The largest absolute Gasteiger partial charge is 0.383 e. The van der Waals surface area contributed by atoms with Gasteiger partial charge in [0, 0.05) is 40.0 Å². The molecule has 0 saturated heterocycles. The van der Waals surface area contributed by atoms with Crippen molar-refractivity contribution in [1.82, 2.24) is 4.98 Å². The normalized spacial score (nSPS) is 13.2. The highest BCUT2D eigenvalue weighted by molar-refractivity contribution is 7.17. The van der Waals surface area contributed by atoms with Crippen LogP contribution in [0.1, 0.15) is 33.8 Å². The van der Waals surface area contributed by atoms with Crippen LogP contribution in [0.5, 0.6) is 0 Å². The summed E-state index contributed by atoms with van der Waals surface area (Å²) >= 11 is 7.22. The molecular weight excluding hydrogens is 392 g/mol. The van der Waals surface area contributed by atoms with Crippen LogP contribution in [0, 0.1) is 11.6 Å². The molecular formula is C20H14ClF2NO2S. The lowest BCUT2D eigenvalue weighted by Gasteiger charge is -2.17. The maximum absolute atomic E-state index is 13.6. The summed E-state index contributed by atoms with van der Waals surface area (Å²) in [6.45, 7) is 1.66. The molecule has 1 N–H and O–H groups in total. The van der Waals surface area contributed by atoms with Gasteiger partial charge in [0.1, 0.15) is 17.7 Å². The molecule has 1 aromatic carbocycles. The molecule has 1 unspecified atom stereocenters. The molecule has 2 heterocycles. The number of hydrogen-bond acceptors (Lipinski definition) is 4. The molecule has 3 aromatic rings. The van der Waals surface area contributed by atoms with Crippen LogP contribution < -0.4 is 0 Å². The van der Waals surface area contributed by atoms with Crippen LogP contribution in [0.15, 0.2) is 60.4 Å². The highest BCUT2D eigenvalue weighted by Crippen LogP contribution is 2.35. The number of nitrogens with zero attached hydrogens (tertiary/aromatic N) is 1. The second-order valence-corrected chi connectivity index (χ2v) is 7.53. The van der Waals surface area contributed by atoms with E-state index < -0.39 is 23.5 Å². The molecule has 3 nitrogen and oxygen atoms in total. The molecule has 138 valence electrons. The Morgan fingerprint density at radius 2 is 1.89 bits per heavy atom. The Morgan fingerprint density at radius 1 is 1.19 bits per heavy atom. The Kier molecular flexibility index (Phi) is 5.79. The minimum atomic E-state index is -1.32. The van der Waals surface area contributed by atoms with E-state index in [0.717, 1.165) is 12.1 Å². The van der Waals surface area contributed by atoms with E-state index in [1.807, 2.05) is 0 Å². The number of aliphatic hydroxyl groups is 1. The maximum atomic E-state index is 13.6. The molecule has 0 saturated carbocycles. The zero-order chi connectivity index (χ0) is 19.6. The number of carbonyl (C=O) groups is 1. The van der Waals surface area contributed by atoms with Crippen molar-refractivity contribution >= 4 is 34.3 Å². The van der Waals surface area contributed by atoms with E-state index in [2.05, 4.69) is 4.98 Å². The molecule has 0 aliphatic heterocycles. The summed E-state index contributed by atoms with van der Waals surface area (Å²) in [7, 11) is 0. The average molecular weight is 406 g/mol. The summed E-state index contributed by atoms with van der Waals surface area (Å²) < 4.78 is 27.7. The number of thiophene rings is 1. The van der Waals surface area contributed by atoms with Crippen LogP contribution >= 0.6 is 22.9 Å². The van der Waals surface area contributed by atoms with Crippen LogP contribution in [0.25, 0.3) is 5.57 Å². The number of hydrogen-bond donors (Lipinski definition) is 1. The lowest BCUT2D eigenvalue weighted by Crippen LogP contribution is -2.14. The molecule has 0 aliphatic carbocycles. The molecule has 0 aliphatic rings. The first-order valence-electron chi connectivity index (χ1n) is 7.92. The van der Waals surface area contributed by atoms with Gasteiger partial charge in [0.05, 0.1) is 4.34 Å². The van der Waals surface area contributed by atoms with Crippen molar-refractivity contribution in [2.75, 3.05) is 0 Å². The fourth-order valence-electron chi connectivity index (χ4n) is 2.69. The van der Waals surface area contributed by atoms with Gasteiger partial charge in [-0.2, -0.15) is 0 Å². The number of halogens is 3. The van der Waals surface area contributed by atoms with Gasteiger partial charge in [0.25, 0.3) is 0 Å². The summed E-state index contributed by atoms with van der Waals surface area (Å²) in [6, 6.07) is 9.20. The second kappa shape index (κ2) is 8.08. The van der Waals surface area contributed by atoms with Gasteiger partial charge in [0.15, 0.2) is 5.78 Å². The van der Waals surface area contributed by atoms with Gasteiger partial charge >= 0.3 is 0 Å². The monoisotopic (exact) mass is 405 g/mol. The lowest BCUT2D eigenvalue weighted by atomic mass is 9.90. The highest BCUT2D eigenvalue weighted by Gasteiger charge is 2.26. The third-order valence-corrected chi connectivity index (χ3v) is 5.34. The first-order valence-corrected chi connectivity index (χ1v) is 9.11. The molecule has 27 heavy (non-hydrogen) atoms. The number of benzene rings is 1. The number of carbonyl (C=O) groups excluding carboxylic acids is 1. The zero-order valence-corrected chi connectivity index (χ0v) is 15.7. The van der Waals surface area contributed by atoms with Crippen LogP contribution in [0.3, 0.4) is 0 Å². The topological polar surface area (TPSA) is 50.2 Å². The van der Waals surface area contributed by atoms with E-state index in [9.17, 15) is 18.7 Å². The predicted octanol–water partition coefficient (Wildman–Crippen LogP) is 5.46. The molecule has 0 radical (unpaired) electrons. The molecule has 0 fully saturated rings. The predicted molar refractivity (Wildman–Crippen MR) is 102 cm³/mol. The fraction of sp³-hybridized carbons (Fsp3) is 0.100. The molecule has 1 atom stereocenters. The Hall–Kier alpha value is -2.41. The second-order valence-electron chi connectivity index (χ2n) is 5.82. The summed E-state index contributed by atoms with van der Waals surface area (Å²) in [5, 5.41) is 10.9. The third-order valence-electron chi connectivity index (χ3n) is 3.99. The molecule has 2 aromatic heterocycles. The average Bonchev–Trinajstić information content (AvgIpc) is 3.08. The van der Waals surface area contributed by atoms with Gasteiger partial charge in [0.2, 0.25) is 0 Å². The van der Waals surface area contributed by atoms with E-state index in [4.69, 9.17) is 11.6 Å². The van der Waals surface area contributed by atoms with Crippen LogP contribution in [-0.4, -0.2) is 15.9 Å². The number of aromatic nitrogens is 1. The highest BCUT2D eigenvalue weighted by atomic mass is 35.5. The number of Topliss-reactive ketones (excluding diaryl/α,β-unsaturated/α-hetero) is 1. The van der Waals surface area contributed by atoms with Gasteiger partial charge in [-0.25, -0.2) is 8.78 Å². The standard InChI is InChI=1S/C20H14ClF2NO2S/c1-11(16-4-5-17(21)27-16)18(19(25)12-3-2-6-24-10-12)20(26)13-7-14(22)9-15(23)8-13/h2-10,19,25H,1H3/b18-11+. The molecule has 7 heteroatoms. The quantitative estimate of drug-likeness (QED) is 0.452. The Morgan fingerprint density at radius 3 is 2.44 bits per heavy atom. The number of pyridine rings is 1. The van der Waals surface area contributed by atoms with E-state index in [-0.39, 0.29) is 11.1 Å². The fourth-order valence-corrected chi connectivity index (χ4v) is 3.75. The van der Waals surface area contributed by atoms with Crippen LogP contribution in [0.4, 0.5) is 8.78 Å².